The average Bonchev–Trinajstić information content (AvgIpc) is 2.59. The van der Waals surface area contributed by atoms with Crippen molar-refractivity contribution in [2.45, 2.75) is 90.4 Å². The van der Waals surface area contributed by atoms with Crippen LogP contribution in [0.3, 0.4) is 0 Å². The van der Waals surface area contributed by atoms with Gasteiger partial charge in [0, 0.05) is 5.92 Å². The second-order valence-electron chi connectivity index (χ2n) is 9.83. The summed E-state index contributed by atoms with van der Waals surface area (Å²) in [6.07, 6.45) is 9.17. The first-order valence-corrected chi connectivity index (χ1v) is 10.9. The number of rotatable bonds is 7. The first kappa shape index (κ1) is 18.3. The highest BCUT2D eigenvalue weighted by atomic mass is 16.7. The van der Waals surface area contributed by atoms with Crippen molar-refractivity contribution >= 4 is 0 Å². The quantitative estimate of drug-likeness (QED) is 0.516. The summed E-state index contributed by atoms with van der Waals surface area (Å²) < 4.78 is 13.2. The lowest BCUT2D eigenvalue weighted by Crippen LogP contribution is -2.54. The molecular formula is C24H36O2. The lowest BCUT2D eigenvalue weighted by atomic mass is 9.54. The van der Waals surface area contributed by atoms with E-state index in [1.54, 1.807) is 0 Å². The Kier molecular flexibility index (Phi) is 5.07. The third kappa shape index (κ3) is 3.67. The molecule has 0 N–H and O–H groups in total. The first-order valence-electron chi connectivity index (χ1n) is 10.9. The summed E-state index contributed by atoms with van der Waals surface area (Å²) in [5.41, 5.74) is 1.49. The number of ether oxygens (including phenoxy) is 2. The normalized spacial score (nSPS) is 34.9. The zero-order chi connectivity index (χ0) is 18.3. The molecule has 1 aromatic carbocycles. The lowest BCUT2D eigenvalue weighted by Gasteiger charge is -2.57. The van der Waals surface area contributed by atoms with Crippen molar-refractivity contribution in [3.63, 3.8) is 0 Å². The van der Waals surface area contributed by atoms with Gasteiger partial charge in [-0.2, -0.15) is 0 Å². The van der Waals surface area contributed by atoms with Crippen LogP contribution in [-0.4, -0.2) is 11.9 Å². The minimum atomic E-state index is -0.138. The van der Waals surface area contributed by atoms with Crippen molar-refractivity contribution in [2.75, 3.05) is 0 Å². The van der Waals surface area contributed by atoms with E-state index in [9.17, 15) is 0 Å². The summed E-state index contributed by atoms with van der Waals surface area (Å²) in [6.45, 7) is 8.96. The van der Waals surface area contributed by atoms with E-state index in [-0.39, 0.29) is 11.9 Å². The van der Waals surface area contributed by atoms with Crippen molar-refractivity contribution in [1.29, 1.82) is 0 Å². The maximum Gasteiger partial charge on any atom is 0.202 e. The van der Waals surface area contributed by atoms with Gasteiger partial charge in [0.2, 0.25) is 6.29 Å². The number of hydrogen-bond donors (Lipinski definition) is 0. The SMILES string of the molecule is CCC(C)c1ccc(OC(OC23CC4CC(CC(C4)C2)C3)C(C)C)cc1. The fourth-order valence-corrected chi connectivity index (χ4v) is 5.96. The molecule has 2 nitrogen and oxygen atoms in total. The molecule has 0 aliphatic heterocycles. The van der Waals surface area contributed by atoms with Crippen LogP contribution in [-0.2, 0) is 4.74 Å². The standard InChI is InChI=1S/C24H36O2/c1-5-17(4)21-6-8-22(9-7-21)25-23(16(2)3)26-24-13-18-10-19(14-24)12-20(11-18)15-24/h6-9,16-20,23H,5,10-15H2,1-4H3. The van der Waals surface area contributed by atoms with E-state index in [1.807, 2.05) is 0 Å². The minimum absolute atomic E-state index is 0.0976. The van der Waals surface area contributed by atoms with Gasteiger partial charge in [-0.3, -0.25) is 0 Å². The van der Waals surface area contributed by atoms with Crippen LogP contribution in [0, 0.1) is 23.7 Å². The smallest absolute Gasteiger partial charge is 0.202 e. The Morgan fingerprint density at radius 1 is 0.923 bits per heavy atom. The number of hydrogen-bond acceptors (Lipinski definition) is 2. The van der Waals surface area contributed by atoms with Crippen LogP contribution in [0.15, 0.2) is 24.3 Å². The Morgan fingerprint density at radius 3 is 1.92 bits per heavy atom. The van der Waals surface area contributed by atoms with Crippen LogP contribution in [0.1, 0.15) is 84.1 Å². The fraction of sp³-hybridized carbons (Fsp3) is 0.750. The molecule has 5 rings (SSSR count). The zero-order valence-corrected chi connectivity index (χ0v) is 17.0. The first-order chi connectivity index (χ1) is 12.5. The van der Waals surface area contributed by atoms with E-state index in [2.05, 4.69) is 52.0 Å². The number of benzene rings is 1. The minimum Gasteiger partial charge on any atom is -0.465 e. The molecule has 2 unspecified atom stereocenters. The third-order valence-corrected chi connectivity index (χ3v) is 7.21. The monoisotopic (exact) mass is 356 g/mol. The molecular weight excluding hydrogens is 320 g/mol. The molecule has 2 atom stereocenters. The molecule has 0 radical (unpaired) electrons. The highest BCUT2D eigenvalue weighted by Gasteiger charge is 2.53. The van der Waals surface area contributed by atoms with Crippen molar-refractivity contribution in [1.82, 2.24) is 0 Å². The van der Waals surface area contributed by atoms with Crippen molar-refractivity contribution < 1.29 is 9.47 Å². The zero-order valence-electron chi connectivity index (χ0n) is 17.0. The van der Waals surface area contributed by atoms with Gasteiger partial charge in [0.25, 0.3) is 0 Å². The van der Waals surface area contributed by atoms with Gasteiger partial charge in [0.1, 0.15) is 5.75 Å². The molecule has 26 heavy (non-hydrogen) atoms. The van der Waals surface area contributed by atoms with Crippen LogP contribution in [0.2, 0.25) is 0 Å². The Labute approximate surface area is 159 Å². The molecule has 0 saturated heterocycles. The van der Waals surface area contributed by atoms with E-state index in [4.69, 9.17) is 9.47 Å². The summed E-state index contributed by atoms with van der Waals surface area (Å²) in [5.74, 6) is 4.63. The fourth-order valence-electron chi connectivity index (χ4n) is 5.96. The van der Waals surface area contributed by atoms with Crippen LogP contribution in [0.4, 0.5) is 0 Å². The second kappa shape index (κ2) is 7.19. The summed E-state index contributed by atoms with van der Waals surface area (Å²) in [5, 5.41) is 0. The maximum absolute atomic E-state index is 6.79. The van der Waals surface area contributed by atoms with Gasteiger partial charge < -0.3 is 9.47 Å². The highest BCUT2D eigenvalue weighted by molar-refractivity contribution is 5.29. The van der Waals surface area contributed by atoms with E-state index in [0.717, 1.165) is 23.5 Å². The molecule has 1 aromatic rings. The molecule has 2 heteroatoms. The Balaban J connectivity index is 1.45. The van der Waals surface area contributed by atoms with E-state index < -0.39 is 0 Å². The molecule has 0 amide bonds. The molecule has 4 bridgehead atoms. The van der Waals surface area contributed by atoms with Crippen molar-refractivity contribution in [3.8, 4) is 5.75 Å². The van der Waals surface area contributed by atoms with Gasteiger partial charge in [-0.05, 0) is 86.3 Å². The van der Waals surface area contributed by atoms with Crippen molar-refractivity contribution in [2.24, 2.45) is 23.7 Å². The summed E-state index contributed by atoms with van der Waals surface area (Å²) in [4.78, 5) is 0. The van der Waals surface area contributed by atoms with Crippen LogP contribution in [0.5, 0.6) is 5.75 Å². The average molecular weight is 357 g/mol. The molecule has 0 aromatic heterocycles. The van der Waals surface area contributed by atoms with E-state index in [0.29, 0.717) is 11.8 Å². The topological polar surface area (TPSA) is 18.5 Å². The highest BCUT2D eigenvalue weighted by Crippen LogP contribution is 2.57. The van der Waals surface area contributed by atoms with Gasteiger partial charge in [0.15, 0.2) is 0 Å². The summed E-state index contributed by atoms with van der Waals surface area (Å²) in [6, 6.07) is 8.68. The third-order valence-electron chi connectivity index (χ3n) is 7.21. The van der Waals surface area contributed by atoms with Gasteiger partial charge in [-0.25, -0.2) is 0 Å². The van der Waals surface area contributed by atoms with Crippen LogP contribution < -0.4 is 4.74 Å². The van der Waals surface area contributed by atoms with Gasteiger partial charge in [-0.15, -0.1) is 0 Å². The molecule has 0 spiro atoms. The summed E-state index contributed by atoms with van der Waals surface area (Å²) in [7, 11) is 0. The molecule has 4 fully saturated rings. The van der Waals surface area contributed by atoms with Gasteiger partial charge in [-0.1, -0.05) is 39.8 Å². The second-order valence-corrected chi connectivity index (χ2v) is 9.83. The van der Waals surface area contributed by atoms with Gasteiger partial charge in [0.05, 0.1) is 5.60 Å². The predicted octanol–water partition coefficient (Wildman–Crippen LogP) is 6.55. The Bertz CT molecular complexity index is 568. The van der Waals surface area contributed by atoms with Gasteiger partial charge >= 0.3 is 0 Å². The predicted molar refractivity (Wildman–Crippen MR) is 106 cm³/mol. The maximum atomic E-state index is 6.79. The van der Waals surface area contributed by atoms with Crippen molar-refractivity contribution in [3.05, 3.63) is 29.8 Å². The molecule has 4 saturated carbocycles. The van der Waals surface area contributed by atoms with Crippen LogP contribution in [0.25, 0.3) is 0 Å². The largest absolute Gasteiger partial charge is 0.465 e. The molecule has 4 aliphatic rings. The Morgan fingerprint density at radius 2 is 1.46 bits per heavy atom. The summed E-state index contributed by atoms with van der Waals surface area (Å²) >= 11 is 0. The van der Waals surface area contributed by atoms with E-state index >= 15 is 0 Å². The molecule has 4 aliphatic carbocycles. The van der Waals surface area contributed by atoms with Crippen LogP contribution >= 0.6 is 0 Å². The molecule has 144 valence electrons. The lowest BCUT2D eigenvalue weighted by molar-refractivity contribution is -0.243. The molecule has 0 heterocycles. The van der Waals surface area contributed by atoms with E-state index in [1.165, 1.54) is 50.5 Å². The Hall–Kier alpha value is -1.02.